The molecule has 1 atom stereocenters. The lowest BCUT2D eigenvalue weighted by atomic mass is 9.91. The molecule has 0 bridgehead atoms. The molecule has 0 aromatic heterocycles. The second kappa shape index (κ2) is 8.45. The molecule has 5 rings (SSSR count). The number of ether oxygens (including phenoxy) is 2. The number of hydrogen-bond donors (Lipinski definition) is 2. The Balaban J connectivity index is 0.000000185. The number of aryl methyl sites for hydroxylation is 3. The molecule has 2 fully saturated rings. The zero-order valence-corrected chi connectivity index (χ0v) is 19.6. The SMILES string of the molecule is CNC12CC1(NC(=O)C1(C)CCc3cc(C)ccc3O1)C2.Cc1ccc(OCC=O)cc1F. The van der Waals surface area contributed by atoms with Gasteiger partial charge in [-0.15, -0.1) is 0 Å². The molecule has 33 heavy (non-hydrogen) atoms. The summed E-state index contributed by atoms with van der Waals surface area (Å²) in [4.78, 5) is 22.6. The van der Waals surface area contributed by atoms with E-state index in [1.807, 2.05) is 26.1 Å². The van der Waals surface area contributed by atoms with Crippen molar-refractivity contribution in [3.8, 4) is 11.5 Å². The number of carbonyl (C=O) groups is 2. The average molecular weight is 455 g/mol. The van der Waals surface area contributed by atoms with E-state index in [1.54, 1.807) is 19.1 Å². The lowest BCUT2D eigenvalue weighted by molar-refractivity contribution is -0.137. The number of fused-ring (bicyclic) bond motifs is 2. The van der Waals surface area contributed by atoms with Crippen LogP contribution >= 0.6 is 0 Å². The van der Waals surface area contributed by atoms with Crippen molar-refractivity contribution in [1.82, 2.24) is 10.6 Å². The van der Waals surface area contributed by atoms with Crippen molar-refractivity contribution >= 4 is 12.2 Å². The largest absolute Gasteiger partial charge is 0.486 e. The number of likely N-dealkylation sites (N-methyl/N-ethyl adjacent to an activating group) is 1. The zero-order valence-electron chi connectivity index (χ0n) is 19.6. The summed E-state index contributed by atoms with van der Waals surface area (Å²) in [5, 5.41) is 6.54. The first-order chi connectivity index (χ1) is 15.7. The fraction of sp³-hybridized carbons (Fsp3) is 0.462. The summed E-state index contributed by atoms with van der Waals surface area (Å²) in [7, 11) is 1.97. The molecule has 2 aromatic carbocycles. The zero-order chi connectivity index (χ0) is 23.9. The van der Waals surface area contributed by atoms with Crippen LogP contribution in [0.3, 0.4) is 0 Å². The van der Waals surface area contributed by atoms with Gasteiger partial charge in [-0.1, -0.05) is 23.8 Å². The Bertz CT molecular complexity index is 1080. The fourth-order valence-electron chi connectivity index (χ4n) is 4.49. The molecular formula is C26H31FN2O4. The molecule has 176 valence electrons. The number of nitrogens with one attached hydrogen (secondary N) is 2. The van der Waals surface area contributed by atoms with Crippen LogP contribution in [0.1, 0.15) is 42.9 Å². The molecule has 7 heteroatoms. The first kappa shape index (κ1) is 23.2. The highest BCUT2D eigenvalue weighted by Crippen LogP contribution is 2.70. The van der Waals surface area contributed by atoms with Crippen molar-refractivity contribution in [3.63, 3.8) is 0 Å². The molecule has 0 saturated heterocycles. The summed E-state index contributed by atoms with van der Waals surface area (Å²) >= 11 is 0. The van der Waals surface area contributed by atoms with E-state index in [4.69, 9.17) is 9.47 Å². The molecule has 2 N–H and O–H groups in total. The molecule has 1 unspecified atom stereocenters. The van der Waals surface area contributed by atoms with Crippen LogP contribution in [0.2, 0.25) is 0 Å². The van der Waals surface area contributed by atoms with Gasteiger partial charge in [0, 0.05) is 18.0 Å². The summed E-state index contributed by atoms with van der Waals surface area (Å²) in [6.45, 7) is 5.62. The van der Waals surface area contributed by atoms with Crippen LogP contribution in [0.5, 0.6) is 11.5 Å². The highest BCUT2D eigenvalue weighted by atomic mass is 19.1. The van der Waals surface area contributed by atoms with Crippen molar-refractivity contribution in [2.75, 3.05) is 13.7 Å². The maximum atomic E-state index is 12.8. The van der Waals surface area contributed by atoms with E-state index in [1.165, 1.54) is 17.2 Å². The van der Waals surface area contributed by atoms with Crippen LogP contribution in [0.25, 0.3) is 0 Å². The molecule has 1 amide bonds. The Morgan fingerprint density at radius 1 is 1.18 bits per heavy atom. The Kier molecular flexibility index (Phi) is 5.95. The number of amides is 1. The van der Waals surface area contributed by atoms with E-state index in [0.717, 1.165) is 31.4 Å². The maximum Gasteiger partial charge on any atom is 0.264 e. The third-order valence-electron chi connectivity index (χ3n) is 7.07. The highest BCUT2D eigenvalue weighted by Gasteiger charge is 2.84. The topological polar surface area (TPSA) is 76.7 Å². The first-order valence-electron chi connectivity index (χ1n) is 11.3. The van der Waals surface area contributed by atoms with Crippen molar-refractivity contribution < 1.29 is 23.5 Å². The van der Waals surface area contributed by atoms with E-state index in [2.05, 4.69) is 23.6 Å². The molecule has 3 aliphatic rings. The molecular weight excluding hydrogens is 423 g/mol. The summed E-state index contributed by atoms with van der Waals surface area (Å²) in [6.07, 6.45) is 4.35. The summed E-state index contributed by atoms with van der Waals surface area (Å²) < 4.78 is 23.8. The predicted octanol–water partition coefficient (Wildman–Crippen LogP) is 3.41. The van der Waals surface area contributed by atoms with E-state index in [9.17, 15) is 14.0 Å². The summed E-state index contributed by atoms with van der Waals surface area (Å²) in [5.74, 6) is 0.945. The summed E-state index contributed by atoms with van der Waals surface area (Å²) in [5.41, 5.74) is 2.46. The lowest BCUT2D eigenvalue weighted by Gasteiger charge is -2.35. The minimum absolute atomic E-state index is 0.0127. The monoisotopic (exact) mass is 454 g/mol. The lowest BCUT2D eigenvalue weighted by Crippen LogP contribution is -2.52. The average Bonchev–Trinajstić information content (AvgIpc) is 3.61. The van der Waals surface area contributed by atoms with Crippen LogP contribution < -0.4 is 20.1 Å². The fourth-order valence-corrected chi connectivity index (χ4v) is 4.49. The van der Waals surface area contributed by atoms with Crippen LogP contribution in [0, 0.1) is 19.7 Å². The van der Waals surface area contributed by atoms with Gasteiger partial charge in [0.15, 0.2) is 11.9 Å². The number of rotatable bonds is 6. The van der Waals surface area contributed by atoms with E-state index in [0.29, 0.717) is 17.6 Å². The molecule has 6 nitrogen and oxygen atoms in total. The number of benzene rings is 2. The minimum Gasteiger partial charge on any atom is -0.486 e. The molecule has 1 aliphatic heterocycles. The number of halogens is 1. The first-order valence-corrected chi connectivity index (χ1v) is 11.3. The molecule has 1 heterocycles. The standard InChI is InChI=1S/C17H22N2O2.C9H9FO2/c1-11-4-5-13-12(8-11)6-7-15(2,21-13)14(20)19-17-9-16(17,10-17)18-3;1-7-2-3-8(6-9(7)10)12-5-4-11/h4-5,8,18H,6-7,9-10H2,1-3H3,(H,19,20);2-4,6H,5H2,1H3. The minimum atomic E-state index is -0.748. The van der Waals surface area contributed by atoms with Crippen LogP contribution in [-0.4, -0.2) is 42.5 Å². The van der Waals surface area contributed by atoms with Gasteiger partial charge in [0.2, 0.25) is 0 Å². The van der Waals surface area contributed by atoms with Gasteiger partial charge in [0.1, 0.15) is 23.9 Å². The van der Waals surface area contributed by atoms with Gasteiger partial charge in [-0.05, 0) is 70.3 Å². The van der Waals surface area contributed by atoms with Gasteiger partial charge < -0.3 is 20.1 Å². The van der Waals surface area contributed by atoms with Crippen molar-refractivity contribution in [3.05, 3.63) is 58.9 Å². The van der Waals surface area contributed by atoms with Gasteiger partial charge >= 0.3 is 0 Å². The van der Waals surface area contributed by atoms with E-state index >= 15 is 0 Å². The highest BCUT2D eigenvalue weighted by molar-refractivity contribution is 5.88. The van der Waals surface area contributed by atoms with Gasteiger partial charge in [-0.25, -0.2) is 4.39 Å². The summed E-state index contributed by atoms with van der Waals surface area (Å²) in [6, 6.07) is 10.7. The van der Waals surface area contributed by atoms with Gasteiger partial charge in [-0.3, -0.25) is 9.59 Å². The predicted molar refractivity (Wildman–Crippen MR) is 123 cm³/mol. The van der Waals surface area contributed by atoms with Crippen LogP contribution in [0.4, 0.5) is 4.39 Å². The van der Waals surface area contributed by atoms with Crippen LogP contribution in [0.15, 0.2) is 36.4 Å². The van der Waals surface area contributed by atoms with E-state index < -0.39 is 5.60 Å². The van der Waals surface area contributed by atoms with Crippen LogP contribution in [-0.2, 0) is 16.0 Å². The Morgan fingerprint density at radius 3 is 2.58 bits per heavy atom. The molecule has 2 aliphatic carbocycles. The molecule has 0 spiro atoms. The quantitative estimate of drug-likeness (QED) is 0.655. The number of hydrogen-bond acceptors (Lipinski definition) is 5. The molecule has 2 aromatic rings. The Morgan fingerprint density at radius 2 is 1.94 bits per heavy atom. The van der Waals surface area contributed by atoms with Crippen molar-refractivity contribution in [2.24, 2.45) is 0 Å². The van der Waals surface area contributed by atoms with Gasteiger partial charge in [0.05, 0.1) is 5.54 Å². The van der Waals surface area contributed by atoms with E-state index in [-0.39, 0.29) is 29.4 Å². The number of aldehydes is 1. The van der Waals surface area contributed by atoms with Crippen molar-refractivity contribution in [2.45, 2.75) is 63.1 Å². The Labute approximate surface area is 193 Å². The maximum absolute atomic E-state index is 12.8. The second-order valence-corrected chi connectivity index (χ2v) is 9.55. The molecule has 0 radical (unpaired) electrons. The smallest absolute Gasteiger partial charge is 0.264 e. The third-order valence-corrected chi connectivity index (χ3v) is 7.07. The second-order valence-electron chi connectivity index (χ2n) is 9.55. The number of carbonyl (C=O) groups excluding carboxylic acids is 2. The normalized spacial score (nSPS) is 28.2. The Hall–Kier alpha value is -2.93. The third kappa shape index (κ3) is 4.47. The van der Waals surface area contributed by atoms with Gasteiger partial charge in [-0.2, -0.15) is 0 Å². The molecule has 2 saturated carbocycles. The van der Waals surface area contributed by atoms with Gasteiger partial charge in [0.25, 0.3) is 5.91 Å². The van der Waals surface area contributed by atoms with Crippen molar-refractivity contribution in [1.29, 1.82) is 0 Å².